The van der Waals surface area contributed by atoms with Gasteiger partial charge in [-0.05, 0) is 77.4 Å². The molecule has 0 bridgehead atoms. The maximum atomic E-state index is 13.9. The molecule has 1 aromatic heterocycles. The number of imide groups is 1. The van der Waals surface area contributed by atoms with E-state index in [0.717, 1.165) is 6.07 Å². The largest absolute Gasteiger partial charge is 0.494 e. The number of benzene rings is 2. The Hall–Kier alpha value is -4.48. The van der Waals surface area contributed by atoms with Crippen molar-refractivity contribution in [2.75, 3.05) is 17.3 Å². The lowest BCUT2D eigenvalue weighted by molar-refractivity contribution is -0.138. The molecule has 0 saturated heterocycles. The lowest BCUT2D eigenvalue weighted by Crippen LogP contribution is -2.44. The summed E-state index contributed by atoms with van der Waals surface area (Å²) >= 11 is 0. The minimum atomic E-state index is -1.24. The number of halogens is 1. The van der Waals surface area contributed by atoms with Crippen LogP contribution >= 0.6 is 0 Å². The Morgan fingerprint density at radius 3 is 2.13 bits per heavy atom. The SMILES string of the molecule is COc1cc(C(Nc2ccc3c(N(C(=O)OC(C)(C)C)C(=O)OC(C)(C)C)nncc3c2)C(=O)O)ccc1F. The molecule has 2 N–H and O–H groups in total. The van der Waals surface area contributed by atoms with Gasteiger partial charge in [0.25, 0.3) is 0 Å². The number of carboxylic acids is 1. The smallest absolute Gasteiger partial charge is 0.425 e. The number of methoxy groups -OCH3 is 1. The highest BCUT2D eigenvalue weighted by atomic mass is 19.1. The number of hydrogen-bond donors (Lipinski definition) is 2. The molecular weight excluding hydrogens is 511 g/mol. The highest BCUT2D eigenvalue weighted by Gasteiger charge is 2.35. The van der Waals surface area contributed by atoms with Gasteiger partial charge in [0.15, 0.2) is 23.4 Å². The summed E-state index contributed by atoms with van der Waals surface area (Å²) < 4.78 is 29.7. The third kappa shape index (κ3) is 7.30. The van der Waals surface area contributed by atoms with Gasteiger partial charge in [0.05, 0.1) is 13.3 Å². The molecule has 2 aromatic carbocycles. The minimum Gasteiger partial charge on any atom is -0.494 e. The first-order valence-corrected chi connectivity index (χ1v) is 11.9. The van der Waals surface area contributed by atoms with Gasteiger partial charge in [0, 0.05) is 16.5 Å². The minimum absolute atomic E-state index is 0.0941. The van der Waals surface area contributed by atoms with E-state index in [1.807, 2.05) is 0 Å². The van der Waals surface area contributed by atoms with E-state index < -0.39 is 41.2 Å². The Bertz CT molecular complexity index is 1370. The number of amides is 2. The van der Waals surface area contributed by atoms with Gasteiger partial charge >= 0.3 is 18.2 Å². The van der Waals surface area contributed by atoms with Crippen LogP contribution in [0, 0.1) is 5.82 Å². The van der Waals surface area contributed by atoms with Crippen LogP contribution < -0.4 is 15.0 Å². The molecule has 0 aliphatic heterocycles. The van der Waals surface area contributed by atoms with E-state index in [1.165, 1.54) is 25.4 Å². The van der Waals surface area contributed by atoms with Crippen molar-refractivity contribution in [3.63, 3.8) is 0 Å². The Morgan fingerprint density at radius 2 is 1.59 bits per heavy atom. The number of hydrogen-bond acceptors (Lipinski definition) is 9. The molecule has 3 aromatic rings. The van der Waals surface area contributed by atoms with Crippen LogP contribution in [-0.4, -0.2) is 51.8 Å². The van der Waals surface area contributed by atoms with E-state index in [4.69, 9.17) is 14.2 Å². The summed E-state index contributed by atoms with van der Waals surface area (Å²) in [5, 5.41) is 21.4. The zero-order valence-corrected chi connectivity index (χ0v) is 22.7. The molecular formula is C27H31FN4O7. The topological polar surface area (TPSA) is 140 Å². The first kappa shape index (κ1) is 29.1. The number of rotatable bonds is 6. The predicted octanol–water partition coefficient (Wildman–Crippen LogP) is 5.69. The monoisotopic (exact) mass is 542 g/mol. The molecule has 0 fully saturated rings. The van der Waals surface area contributed by atoms with Crippen LogP contribution in [0.1, 0.15) is 53.1 Å². The van der Waals surface area contributed by atoms with Gasteiger partial charge in [0.2, 0.25) is 0 Å². The van der Waals surface area contributed by atoms with Crippen LogP contribution in [-0.2, 0) is 14.3 Å². The van der Waals surface area contributed by atoms with Crippen molar-refractivity contribution in [3.05, 3.63) is 54.0 Å². The third-order valence-electron chi connectivity index (χ3n) is 5.07. The number of carboxylic acid groups (broad SMARTS) is 1. The maximum absolute atomic E-state index is 13.9. The molecule has 1 heterocycles. The summed E-state index contributed by atoms with van der Waals surface area (Å²) in [6, 6.07) is 7.19. The number of nitrogens with zero attached hydrogens (tertiary/aromatic N) is 3. The van der Waals surface area contributed by atoms with Crippen LogP contribution in [0.4, 0.5) is 25.5 Å². The fraction of sp³-hybridized carbons (Fsp3) is 0.370. The van der Waals surface area contributed by atoms with Gasteiger partial charge in [-0.1, -0.05) is 6.07 Å². The van der Waals surface area contributed by atoms with Crippen molar-refractivity contribution in [2.45, 2.75) is 58.8 Å². The summed E-state index contributed by atoms with van der Waals surface area (Å²) in [4.78, 5) is 38.9. The number of fused-ring (bicyclic) bond motifs is 1. The van der Waals surface area contributed by atoms with Crippen LogP contribution in [0.2, 0.25) is 0 Å². The molecule has 0 aliphatic carbocycles. The summed E-state index contributed by atoms with van der Waals surface area (Å²) in [5.41, 5.74) is -1.20. The van der Waals surface area contributed by atoms with E-state index >= 15 is 0 Å². The Balaban J connectivity index is 2.03. The Morgan fingerprint density at radius 1 is 0.974 bits per heavy atom. The molecule has 11 nitrogen and oxygen atoms in total. The number of nitrogens with one attached hydrogen (secondary N) is 1. The maximum Gasteiger partial charge on any atom is 0.425 e. The lowest BCUT2D eigenvalue weighted by Gasteiger charge is -2.28. The van der Waals surface area contributed by atoms with Gasteiger partial charge in [0.1, 0.15) is 11.2 Å². The van der Waals surface area contributed by atoms with Crippen molar-refractivity contribution in [1.82, 2.24) is 10.2 Å². The Labute approximate surface area is 224 Å². The predicted molar refractivity (Wildman–Crippen MR) is 141 cm³/mol. The number of aromatic nitrogens is 2. The molecule has 0 aliphatic rings. The van der Waals surface area contributed by atoms with Crippen molar-refractivity contribution in [3.8, 4) is 5.75 Å². The molecule has 0 spiro atoms. The average molecular weight is 543 g/mol. The van der Waals surface area contributed by atoms with Crippen LogP contribution in [0.5, 0.6) is 5.75 Å². The van der Waals surface area contributed by atoms with Crippen LogP contribution in [0.15, 0.2) is 42.6 Å². The second-order valence-electron chi connectivity index (χ2n) is 10.6. The molecule has 12 heteroatoms. The first-order valence-electron chi connectivity index (χ1n) is 11.9. The Kier molecular flexibility index (Phi) is 8.27. The normalized spacial score (nSPS) is 12.4. The van der Waals surface area contributed by atoms with E-state index in [-0.39, 0.29) is 17.1 Å². The molecule has 1 atom stereocenters. The fourth-order valence-electron chi connectivity index (χ4n) is 3.50. The van der Waals surface area contributed by atoms with Gasteiger partial charge in [-0.2, -0.15) is 10.00 Å². The third-order valence-corrected chi connectivity index (χ3v) is 5.07. The fourth-order valence-corrected chi connectivity index (χ4v) is 3.50. The standard InChI is InChI=1S/C27H31FN4O7/c1-26(2,3)38-24(35)32(25(36)39-27(4,5)6)22-18-10-9-17(12-16(18)14-29-31-22)30-21(23(33)34)15-8-11-19(28)20(13-15)37-7/h8-14,21,30H,1-7H3,(H,33,34). The number of ether oxygens (including phenoxy) is 3. The second-order valence-corrected chi connectivity index (χ2v) is 10.6. The van der Waals surface area contributed by atoms with Crippen LogP contribution in [0.25, 0.3) is 10.8 Å². The van der Waals surface area contributed by atoms with Gasteiger partial charge < -0.3 is 24.6 Å². The van der Waals surface area contributed by atoms with Crippen molar-refractivity contribution in [1.29, 1.82) is 0 Å². The number of carbonyl (C=O) groups excluding carboxylic acids is 2. The summed E-state index contributed by atoms with van der Waals surface area (Å²) in [5.74, 6) is -2.05. The van der Waals surface area contributed by atoms with Crippen LogP contribution in [0.3, 0.4) is 0 Å². The van der Waals surface area contributed by atoms with Gasteiger partial charge in [-0.15, -0.1) is 5.10 Å². The number of aliphatic carboxylic acids is 1. The number of carbonyl (C=O) groups is 3. The number of anilines is 2. The highest BCUT2D eigenvalue weighted by molar-refractivity contribution is 6.13. The summed E-state index contributed by atoms with van der Waals surface area (Å²) in [6.45, 7) is 9.92. The molecule has 39 heavy (non-hydrogen) atoms. The van der Waals surface area contributed by atoms with Gasteiger partial charge in [-0.3, -0.25) is 0 Å². The highest BCUT2D eigenvalue weighted by Crippen LogP contribution is 2.31. The molecule has 3 rings (SSSR count). The zero-order valence-electron chi connectivity index (χ0n) is 22.7. The lowest BCUT2D eigenvalue weighted by atomic mass is 10.1. The molecule has 208 valence electrons. The average Bonchev–Trinajstić information content (AvgIpc) is 2.80. The zero-order chi connectivity index (χ0) is 29.1. The van der Waals surface area contributed by atoms with E-state index in [2.05, 4.69) is 15.5 Å². The van der Waals surface area contributed by atoms with E-state index in [0.29, 0.717) is 21.4 Å². The van der Waals surface area contributed by atoms with Crippen molar-refractivity contribution in [2.24, 2.45) is 0 Å². The molecule has 0 radical (unpaired) electrons. The van der Waals surface area contributed by atoms with Gasteiger partial charge in [-0.25, -0.2) is 18.8 Å². The molecule has 0 saturated carbocycles. The quantitative estimate of drug-likeness (QED) is 0.399. The molecule has 2 amide bonds. The van der Waals surface area contributed by atoms with E-state index in [1.54, 1.807) is 59.7 Å². The second kappa shape index (κ2) is 11.1. The molecule has 1 unspecified atom stereocenters. The summed E-state index contributed by atoms with van der Waals surface area (Å²) in [6.07, 6.45) is -0.614. The summed E-state index contributed by atoms with van der Waals surface area (Å²) in [7, 11) is 1.28. The van der Waals surface area contributed by atoms with Crippen molar-refractivity contribution >= 4 is 40.4 Å². The first-order chi connectivity index (χ1) is 18.1. The van der Waals surface area contributed by atoms with E-state index in [9.17, 15) is 23.9 Å². The van der Waals surface area contributed by atoms with Crippen molar-refractivity contribution < 1.29 is 38.1 Å².